The molecule has 2 aromatic rings. The third-order valence-electron chi connectivity index (χ3n) is 2.53. The van der Waals surface area contributed by atoms with Gasteiger partial charge in [-0.1, -0.05) is 23.5 Å². The van der Waals surface area contributed by atoms with Crippen LogP contribution in [0.2, 0.25) is 0 Å². The molecule has 8 heteroatoms. The predicted molar refractivity (Wildman–Crippen MR) is 83.4 cm³/mol. The van der Waals surface area contributed by atoms with Crippen LogP contribution in [0.25, 0.3) is 0 Å². The molecule has 0 unspecified atom stereocenters. The summed E-state index contributed by atoms with van der Waals surface area (Å²) in [5.41, 5.74) is 3.33. The average Bonchev–Trinajstić information content (AvgIpc) is 2.94. The van der Waals surface area contributed by atoms with Crippen LogP contribution in [0.15, 0.2) is 41.5 Å². The molecular weight excluding hydrogens is 306 g/mol. The van der Waals surface area contributed by atoms with Crippen molar-refractivity contribution in [2.75, 3.05) is 6.61 Å². The van der Waals surface area contributed by atoms with Crippen molar-refractivity contribution in [2.45, 2.75) is 6.92 Å². The molecule has 114 valence electrons. The van der Waals surface area contributed by atoms with E-state index in [-0.39, 0.29) is 11.6 Å². The molecule has 22 heavy (non-hydrogen) atoms. The van der Waals surface area contributed by atoms with Crippen LogP contribution in [0.3, 0.4) is 0 Å². The van der Waals surface area contributed by atoms with Gasteiger partial charge in [0.15, 0.2) is 6.61 Å². The lowest BCUT2D eigenvalue weighted by Gasteiger charge is -2.05. The summed E-state index contributed by atoms with van der Waals surface area (Å²) in [6.07, 6.45) is 1.35. The fourth-order valence-electron chi connectivity index (χ4n) is 1.56. The Bertz CT molecular complexity index is 712. The Kier molecular flexibility index (Phi) is 5.21. The van der Waals surface area contributed by atoms with E-state index in [9.17, 15) is 14.9 Å². The van der Waals surface area contributed by atoms with Gasteiger partial charge in [-0.05, 0) is 30.7 Å². The molecule has 0 saturated carbocycles. The van der Waals surface area contributed by atoms with Crippen molar-refractivity contribution >= 4 is 28.5 Å². The van der Waals surface area contributed by atoms with E-state index < -0.39 is 10.8 Å². The minimum Gasteiger partial charge on any atom is -0.484 e. The Labute approximate surface area is 130 Å². The van der Waals surface area contributed by atoms with E-state index in [1.165, 1.54) is 12.3 Å². The van der Waals surface area contributed by atoms with Crippen molar-refractivity contribution in [1.29, 1.82) is 0 Å². The second-order valence-corrected chi connectivity index (χ2v) is 5.43. The Balaban J connectivity index is 1.79. The number of carbonyl (C=O) groups is 1. The molecule has 1 N–H and O–H groups in total. The highest BCUT2D eigenvalue weighted by Crippen LogP contribution is 2.22. The van der Waals surface area contributed by atoms with Crippen LogP contribution in [0.1, 0.15) is 10.4 Å². The molecule has 2 rings (SSSR count). The second kappa shape index (κ2) is 7.32. The van der Waals surface area contributed by atoms with Gasteiger partial charge in [-0.15, -0.1) is 0 Å². The highest BCUT2D eigenvalue weighted by molar-refractivity contribution is 7.16. The Morgan fingerprint density at radius 1 is 1.45 bits per heavy atom. The second-order valence-electron chi connectivity index (χ2n) is 4.33. The van der Waals surface area contributed by atoms with Crippen LogP contribution in [0.5, 0.6) is 5.75 Å². The summed E-state index contributed by atoms with van der Waals surface area (Å²) in [6.45, 7) is 1.77. The number of carbonyl (C=O) groups excluding carboxylic acids is 1. The lowest BCUT2D eigenvalue weighted by molar-refractivity contribution is -0.380. The minimum atomic E-state index is -0.476. The van der Waals surface area contributed by atoms with E-state index in [0.717, 1.165) is 16.9 Å². The summed E-state index contributed by atoms with van der Waals surface area (Å²) in [5, 5.41) is 14.3. The summed E-state index contributed by atoms with van der Waals surface area (Å²) in [4.78, 5) is 22.2. The van der Waals surface area contributed by atoms with E-state index in [1.54, 1.807) is 12.1 Å². The summed E-state index contributed by atoms with van der Waals surface area (Å²) in [6, 6.07) is 10.3. The zero-order chi connectivity index (χ0) is 15.9. The number of nitro groups is 1. The first-order valence-corrected chi connectivity index (χ1v) is 7.12. The molecule has 0 radical (unpaired) electrons. The molecule has 0 aliphatic rings. The molecule has 1 heterocycles. The number of ether oxygens (including phenoxy) is 1. The SMILES string of the molecule is Cc1cccc(OCC(=O)N/N=C\c2ccc([N+](=O)[O-])s2)c1. The molecule has 1 aromatic heterocycles. The summed E-state index contributed by atoms with van der Waals surface area (Å²) < 4.78 is 5.31. The predicted octanol–water partition coefficient (Wildman–Crippen LogP) is 2.49. The van der Waals surface area contributed by atoms with Gasteiger partial charge in [0.05, 0.1) is 16.0 Å². The van der Waals surface area contributed by atoms with Gasteiger partial charge in [-0.25, -0.2) is 5.43 Å². The van der Waals surface area contributed by atoms with Gasteiger partial charge in [0.25, 0.3) is 5.91 Å². The first-order chi connectivity index (χ1) is 10.5. The molecular formula is C14H13N3O4S. The van der Waals surface area contributed by atoms with E-state index in [0.29, 0.717) is 10.6 Å². The third-order valence-corrected chi connectivity index (χ3v) is 3.50. The van der Waals surface area contributed by atoms with Crippen molar-refractivity contribution in [1.82, 2.24) is 5.43 Å². The van der Waals surface area contributed by atoms with Crippen LogP contribution in [0.4, 0.5) is 5.00 Å². The number of nitrogens with zero attached hydrogens (tertiary/aromatic N) is 2. The lowest BCUT2D eigenvalue weighted by Crippen LogP contribution is -2.24. The molecule has 0 saturated heterocycles. The standard InChI is InChI=1S/C14H13N3O4S/c1-10-3-2-4-11(7-10)21-9-13(18)16-15-8-12-5-6-14(22-12)17(19)20/h2-8H,9H2,1H3,(H,16,18)/b15-8-. The quantitative estimate of drug-likeness (QED) is 0.503. The van der Waals surface area contributed by atoms with Crippen molar-refractivity contribution in [2.24, 2.45) is 5.10 Å². The van der Waals surface area contributed by atoms with Crippen molar-refractivity contribution in [3.05, 3.63) is 57.0 Å². The van der Waals surface area contributed by atoms with Gasteiger partial charge < -0.3 is 4.74 Å². The van der Waals surface area contributed by atoms with Crippen LogP contribution in [0, 0.1) is 17.0 Å². The normalized spacial score (nSPS) is 10.6. The zero-order valence-corrected chi connectivity index (χ0v) is 12.5. The van der Waals surface area contributed by atoms with Crippen LogP contribution >= 0.6 is 11.3 Å². The van der Waals surface area contributed by atoms with Crippen LogP contribution < -0.4 is 10.2 Å². The van der Waals surface area contributed by atoms with Gasteiger partial charge in [0.1, 0.15) is 5.75 Å². The lowest BCUT2D eigenvalue weighted by atomic mass is 10.2. The zero-order valence-electron chi connectivity index (χ0n) is 11.7. The molecule has 7 nitrogen and oxygen atoms in total. The van der Waals surface area contributed by atoms with Crippen LogP contribution in [-0.4, -0.2) is 23.7 Å². The Morgan fingerprint density at radius 3 is 2.95 bits per heavy atom. The van der Waals surface area contributed by atoms with Crippen molar-refractivity contribution in [3.8, 4) is 5.75 Å². The summed E-state index contributed by atoms with van der Waals surface area (Å²) in [7, 11) is 0. The number of rotatable bonds is 6. The molecule has 0 aliphatic carbocycles. The van der Waals surface area contributed by atoms with Crippen LogP contribution in [-0.2, 0) is 4.79 Å². The number of hydrogen-bond donors (Lipinski definition) is 1. The highest BCUT2D eigenvalue weighted by atomic mass is 32.1. The van der Waals surface area contributed by atoms with Gasteiger partial charge in [-0.2, -0.15) is 5.10 Å². The Morgan fingerprint density at radius 2 is 2.27 bits per heavy atom. The van der Waals surface area contributed by atoms with Crippen molar-refractivity contribution in [3.63, 3.8) is 0 Å². The molecule has 0 fully saturated rings. The molecule has 0 bridgehead atoms. The average molecular weight is 319 g/mol. The molecule has 0 aliphatic heterocycles. The first-order valence-electron chi connectivity index (χ1n) is 6.30. The van der Waals surface area contributed by atoms with Gasteiger partial charge in [-0.3, -0.25) is 14.9 Å². The third kappa shape index (κ3) is 4.67. The van der Waals surface area contributed by atoms with Crippen molar-refractivity contribution < 1.29 is 14.5 Å². The highest BCUT2D eigenvalue weighted by Gasteiger charge is 2.08. The van der Waals surface area contributed by atoms with E-state index in [4.69, 9.17) is 4.74 Å². The van der Waals surface area contributed by atoms with Gasteiger partial charge >= 0.3 is 5.00 Å². The number of aryl methyl sites for hydroxylation is 1. The maximum atomic E-state index is 11.6. The Hall–Kier alpha value is -2.74. The number of nitrogens with one attached hydrogen (secondary N) is 1. The molecule has 1 aromatic carbocycles. The maximum Gasteiger partial charge on any atom is 0.324 e. The van der Waals surface area contributed by atoms with Gasteiger partial charge in [0.2, 0.25) is 0 Å². The monoisotopic (exact) mass is 319 g/mol. The molecule has 1 amide bonds. The fraction of sp³-hybridized carbons (Fsp3) is 0.143. The topological polar surface area (TPSA) is 93.8 Å². The minimum absolute atomic E-state index is 0.0237. The van der Waals surface area contributed by atoms with Gasteiger partial charge in [0, 0.05) is 6.07 Å². The summed E-state index contributed by atoms with van der Waals surface area (Å²) in [5.74, 6) is 0.192. The fourth-order valence-corrected chi connectivity index (χ4v) is 2.26. The molecule has 0 spiro atoms. The van der Waals surface area contributed by atoms with E-state index in [1.807, 2.05) is 25.1 Å². The molecule has 0 atom stereocenters. The number of amides is 1. The first kappa shape index (κ1) is 15.6. The number of thiophene rings is 1. The summed E-state index contributed by atoms with van der Waals surface area (Å²) >= 11 is 0.974. The number of benzene rings is 1. The number of hydrazone groups is 1. The smallest absolute Gasteiger partial charge is 0.324 e. The van der Waals surface area contributed by atoms with E-state index >= 15 is 0 Å². The van der Waals surface area contributed by atoms with E-state index in [2.05, 4.69) is 10.5 Å². The maximum absolute atomic E-state index is 11.6. The number of hydrogen-bond acceptors (Lipinski definition) is 6. The largest absolute Gasteiger partial charge is 0.484 e.